The Bertz CT molecular complexity index is 618. The number of pyridine rings is 1. The van der Waals surface area contributed by atoms with E-state index in [1.54, 1.807) is 16.8 Å². The molecule has 0 saturated carbocycles. The zero-order valence-corrected chi connectivity index (χ0v) is 12.5. The van der Waals surface area contributed by atoms with Crippen molar-refractivity contribution in [2.75, 3.05) is 0 Å². The highest BCUT2D eigenvalue weighted by atomic mass is 32.2. The van der Waals surface area contributed by atoms with Gasteiger partial charge in [-0.05, 0) is 44.2 Å². The van der Waals surface area contributed by atoms with Crippen LogP contribution in [0.1, 0.15) is 45.0 Å². The van der Waals surface area contributed by atoms with Crippen LogP contribution in [0.15, 0.2) is 33.2 Å². The van der Waals surface area contributed by atoms with Crippen molar-refractivity contribution in [3.8, 4) is 0 Å². The summed E-state index contributed by atoms with van der Waals surface area (Å²) in [5, 5.41) is 16.8. The molecule has 0 aliphatic rings. The largest absolute Gasteiger partial charge is 0.387 e. The fourth-order valence-corrected chi connectivity index (χ4v) is 2.72. The Kier molecular flexibility index (Phi) is 4.61. The first-order valence-corrected chi connectivity index (χ1v) is 7.33. The molecule has 20 heavy (non-hydrogen) atoms. The van der Waals surface area contributed by atoms with Crippen LogP contribution in [0.4, 0.5) is 0 Å². The van der Waals surface area contributed by atoms with E-state index in [0.717, 1.165) is 4.90 Å². The van der Waals surface area contributed by atoms with Gasteiger partial charge in [0.2, 0.25) is 0 Å². The Balaban J connectivity index is 2.21. The highest BCUT2D eigenvalue weighted by Crippen LogP contribution is 2.26. The second-order valence-electron chi connectivity index (χ2n) is 4.72. The summed E-state index contributed by atoms with van der Waals surface area (Å²) in [4.78, 5) is 16.7. The van der Waals surface area contributed by atoms with Crippen molar-refractivity contribution >= 4 is 11.8 Å². The second-order valence-corrected chi connectivity index (χ2v) is 5.76. The van der Waals surface area contributed by atoms with Gasteiger partial charge in [-0.2, -0.15) is 0 Å². The molecule has 1 atom stereocenters. The quantitative estimate of drug-likeness (QED) is 0.882. The minimum absolute atomic E-state index is 0.0397. The number of hydrogen-bond donors (Lipinski definition) is 2. The van der Waals surface area contributed by atoms with Gasteiger partial charge >= 0.3 is 5.69 Å². The van der Waals surface area contributed by atoms with Crippen LogP contribution in [0.5, 0.6) is 0 Å². The summed E-state index contributed by atoms with van der Waals surface area (Å²) in [7, 11) is 0. The lowest BCUT2D eigenvalue weighted by molar-refractivity contribution is 0.169. The zero-order chi connectivity index (χ0) is 14.7. The number of hydrogen-bond acceptors (Lipinski definition) is 5. The Morgan fingerprint density at radius 2 is 2.20 bits per heavy atom. The van der Waals surface area contributed by atoms with E-state index in [0.29, 0.717) is 17.3 Å². The minimum atomic E-state index is -0.534. The third-order valence-corrected chi connectivity index (χ3v) is 3.83. The highest BCUT2D eigenvalue weighted by molar-refractivity contribution is 7.99. The summed E-state index contributed by atoms with van der Waals surface area (Å²) in [6, 6.07) is 3.70. The monoisotopic (exact) mass is 294 g/mol. The highest BCUT2D eigenvalue weighted by Gasteiger charge is 2.13. The molecule has 0 saturated heterocycles. The number of nitrogens with zero attached hydrogens (tertiary/aromatic N) is 3. The van der Waals surface area contributed by atoms with Crippen LogP contribution in [0.2, 0.25) is 0 Å². The fraction of sp³-hybridized carbons (Fsp3) is 0.462. The lowest BCUT2D eigenvalue weighted by Crippen LogP contribution is -2.19. The van der Waals surface area contributed by atoms with E-state index in [2.05, 4.69) is 15.2 Å². The standard InChI is InChI=1S/C13H18N4O2S/c1-4-11(18)10-6-5-9(7-14-10)20-13-16-15-12(19)17(13)8(2)3/h5-8,11,18H,4H2,1-3H3,(H,15,19). The number of H-pyrrole nitrogens is 1. The van der Waals surface area contributed by atoms with E-state index in [-0.39, 0.29) is 11.7 Å². The number of aliphatic hydroxyl groups is 1. The van der Waals surface area contributed by atoms with Gasteiger partial charge in [-0.15, -0.1) is 5.10 Å². The number of rotatable bonds is 5. The lowest BCUT2D eigenvalue weighted by Gasteiger charge is -2.09. The fourth-order valence-electron chi connectivity index (χ4n) is 1.78. The molecule has 2 heterocycles. The molecule has 7 heteroatoms. The van der Waals surface area contributed by atoms with Gasteiger partial charge in [-0.25, -0.2) is 9.89 Å². The Hall–Kier alpha value is -1.60. The third-order valence-electron chi connectivity index (χ3n) is 2.88. The molecule has 0 aromatic carbocycles. The van der Waals surface area contributed by atoms with Gasteiger partial charge in [-0.1, -0.05) is 6.92 Å². The van der Waals surface area contributed by atoms with Crippen molar-refractivity contribution in [2.45, 2.75) is 49.4 Å². The molecule has 0 radical (unpaired) electrons. The Labute approximate surface area is 121 Å². The average Bonchev–Trinajstić information content (AvgIpc) is 2.79. The number of aromatic nitrogens is 4. The van der Waals surface area contributed by atoms with Crippen molar-refractivity contribution < 1.29 is 5.11 Å². The molecule has 1 unspecified atom stereocenters. The first-order chi connectivity index (χ1) is 9.52. The predicted octanol–water partition coefficient (Wildman–Crippen LogP) is 2.14. The molecule has 0 aliphatic carbocycles. The van der Waals surface area contributed by atoms with Crippen LogP contribution in [0.25, 0.3) is 0 Å². The SMILES string of the molecule is CCC(O)c1ccc(Sc2n[nH]c(=O)n2C(C)C)cn1. The number of nitrogens with one attached hydrogen (secondary N) is 1. The molecule has 0 amide bonds. The van der Waals surface area contributed by atoms with Gasteiger partial charge in [0.05, 0.1) is 11.8 Å². The first-order valence-electron chi connectivity index (χ1n) is 6.51. The van der Waals surface area contributed by atoms with E-state index in [1.807, 2.05) is 26.8 Å². The Morgan fingerprint density at radius 3 is 2.75 bits per heavy atom. The van der Waals surface area contributed by atoms with Gasteiger partial charge < -0.3 is 5.11 Å². The molecule has 0 bridgehead atoms. The number of aliphatic hydroxyl groups excluding tert-OH is 1. The van der Waals surface area contributed by atoms with Crippen molar-refractivity contribution in [1.82, 2.24) is 19.7 Å². The molecule has 108 valence electrons. The van der Waals surface area contributed by atoms with Crippen LogP contribution in [-0.2, 0) is 0 Å². The maximum atomic E-state index is 11.6. The molecule has 0 aliphatic heterocycles. The summed E-state index contributed by atoms with van der Waals surface area (Å²) in [6.45, 7) is 5.76. The smallest absolute Gasteiger partial charge is 0.344 e. The number of aromatic amines is 1. The predicted molar refractivity (Wildman–Crippen MR) is 76.8 cm³/mol. The summed E-state index contributed by atoms with van der Waals surface area (Å²) in [5.74, 6) is 0. The normalized spacial score (nSPS) is 12.8. The zero-order valence-electron chi connectivity index (χ0n) is 11.7. The van der Waals surface area contributed by atoms with E-state index < -0.39 is 6.10 Å². The van der Waals surface area contributed by atoms with Crippen LogP contribution in [0, 0.1) is 0 Å². The van der Waals surface area contributed by atoms with Gasteiger partial charge in [0.1, 0.15) is 0 Å². The summed E-state index contributed by atoms with van der Waals surface area (Å²) in [6.07, 6.45) is 1.78. The minimum Gasteiger partial charge on any atom is -0.387 e. The molecule has 2 N–H and O–H groups in total. The average molecular weight is 294 g/mol. The summed E-state index contributed by atoms with van der Waals surface area (Å²) in [5.41, 5.74) is 0.439. The molecule has 2 rings (SSSR count). The Morgan fingerprint density at radius 1 is 1.45 bits per heavy atom. The first kappa shape index (κ1) is 14.8. The molecule has 0 spiro atoms. The van der Waals surface area contributed by atoms with Gasteiger partial charge in [0, 0.05) is 17.1 Å². The maximum Gasteiger partial charge on any atom is 0.344 e. The molecule has 2 aromatic rings. The van der Waals surface area contributed by atoms with E-state index >= 15 is 0 Å². The van der Waals surface area contributed by atoms with E-state index in [1.165, 1.54) is 11.8 Å². The third kappa shape index (κ3) is 3.10. The van der Waals surface area contributed by atoms with Crippen LogP contribution in [-0.4, -0.2) is 24.9 Å². The molecule has 2 aromatic heterocycles. The van der Waals surface area contributed by atoms with Crippen molar-refractivity contribution in [3.63, 3.8) is 0 Å². The van der Waals surface area contributed by atoms with Gasteiger partial charge in [0.15, 0.2) is 5.16 Å². The van der Waals surface area contributed by atoms with E-state index in [9.17, 15) is 9.90 Å². The maximum absolute atomic E-state index is 11.6. The lowest BCUT2D eigenvalue weighted by atomic mass is 10.2. The summed E-state index contributed by atoms with van der Waals surface area (Å²) >= 11 is 1.37. The molecule has 6 nitrogen and oxygen atoms in total. The van der Waals surface area contributed by atoms with Crippen LogP contribution in [0.3, 0.4) is 0 Å². The van der Waals surface area contributed by atoms with Gasteiger partial charge in [0.25, 0.3) is 0 Å². The van der Waals surface area contributed by atoms with Crippen molar-refractivity contribution in [2.24, 2.45) is 0 Å². The van der Waals surface area contributed by atoms with Crippen LogP contribution < -0.4 is 5.69 Å². The van der Waals surface area contributed by atoms with Crippen molar-refractivity contribution in [3.05, 3.63) is 34.5 Å². The van der Waals surface area contributed by atoms with E-state index in [4.69, 9.17) is 0 Å². The molecule has 0 fully saturated rings. The van der Waals surface area contributed by atoms with Crippen molar-refractivity contribution in [1.29, 1.82) is 0 Å². The summed E-state index contributed by atoms with van der Waals surface area (Å²) < 4.78 is 1.60. The molecular weight excluding hydrogens is 276 g/mol. The van der Waals surface area contributed by atoms with Crippen LogP contribution >= 0.6 is 11.8 Å². The topological polar surface area (TPSA) is 83.8 Å². The molecular formula is C13H18N4O2S. The van der Waals surface area contributed by atoms with Gasteiger partial charge in [-0.3, -0.25) is 9.55 Å². The second kappa shape index (κ2) is 6.23.